The van der Waals surface area contributed by atoms with Crippen molar-refractivity contribution in [3.05, 3.63) is 295 Å². The Bertz CT molecular complexity index is 4590. The molecule has 74 heavy (non-hydrogen) atoms. The number of fused-ring (bicyclic) bond motifs is 20. The fourth-order valence-corrected chi connectivity index (χ4v) is 13.4. The Hall–Kier alpha value is -9.56. The number of nitrogens with zero attached hydrogens (tertiary/aromatic N) is 1. The molecule has 14 aromatic carbocycles. The van der Waals surface area contributed by atoms with Gasteiger partial charge in [0, 0.05) is 16.9 Å². The molecule has 0 amide bonds. The monoisotopic (exact) mass is 935 g/mol. The van der Waals surface area contributed by atoms with E-state index in [0.29, 0.717) is 0 Å². The van der Waals surface area contributed by atoms with Crippen LogP contribution in [0.25, 0.3) is 109 Å². The topological polar surface area (TPSA) is 3.24 Å². The van der Waals surface area contributed by atoms with Crippen LogP contribution in [0.15, 0.2) is 273 Å². The van der Waals surface area contributed by atoms with Gasteiger partial charge in [0.25, 0.3) is 0 Å². The van der Waals surface area contributed by atoms with Crippen molar-refractivity contribution in [2.45, 2.75) is 5.41 Å². The third-order valence-electron chi connectivity index (χ3n) is 16.6. The SMILES string of the molecule is c1ccc2c(c1)-c1ccccc1C21c2ccccc2-c2cc(-c3ccc4ccc5ccccc5c4c3)c(N(c3ccc(-c4cccc5ccccc45)cc3)c3ccc4c5ccccc5c5ccccc5c4c3)cc21. The van der Waals surface area contributed by atoms with E-state index in [1.54, 1.807) is 0 Å². The predicted molar refractivity (Wildman–Crippen MR) is 313 cm³/mol. The highest BCUT2D eigenvalue weighted by Gasteiger charge is 2.52. The Labute approximate surface area is 429 Å². The Balaban J connectivity index is 1.03. The van der Waals surface area contributed by atoms with E-state index >= 15 is 0 Å². The molecule has 0 aromatic heterocycles. The van der Waals surface area contributed by atoms with E-state index in [1.165, 1.54) is 131 Å². The van der Waals surface area contributed by atoms with Crippen LogP contribution in [0, 0.1) is 0 Å². The minimum Gasteiger partial charge on any atom is -0.310 e. The molecule has 0 fully saturated rings. The Morgan fingerprint density at radius 3 is 1.31 bits per heavy atom. The summed E-state index contributed by atoms with van der Waals surface area (Å²) in [4.78, 5) is 2.56. The second-order valence-electron chi connectivity index (χ2n) is 20.3. The third kappa shape index (κ3) is 5.75. The molecule has 0 bridgehead atoms. The average molecular weight is 936 g/mol. The zero-order chi connectivity index (χ0) is 48.5. The first-order valence-corrected chi connectivity index (χ1v) is 25.8. The van der Waals surface area contributed by atoms with E-state index in [0.717, 1.165) is 17.1 Å². The lowest BCUT2D eigenvalue weighted by atomic mass is 9.70. The normalized spacial score (nSPS) is 13.0. The van der Waals surface area contributed by atoms with Crippen LogP contribution in [0.2, 0.25) is 0 Å². The van der Waals surface area contributed by atoms with E-state index < -0.39 is 5.41 Å². The smallest absolute Gasteiger partial charge is 0.0726 e. The molecule has 0 saturated carbocycles. The lowest BCUT2D eigenvalue weighted by Gasteiger charge is -2.33. The van der Waals surface area contributed by atoms with Crippen molar-refractivity contribution >= 4 is 81.7 Å². The highest BCUT2D eigenvalue weighted by atomic mass is 15.1. The number of hydrogen-bond donors (Lipinski definition) is 0. The summed E-state index contributed by atoms with van der Waals surface area (Å²) in [5, 5.41) is 15.0. The maximum atomic E-state index is 2.58. The molecule has 0 N–H and O–H groups in total. The molecule has 0 atom stereocenters. The fourth-order valence-electron chi connectivity index (χ4n) is 13.4. The first kappa shape index (κ1) is 41.1. The van der Waals surface area contributed by atoms with Crippen LogP contribution in [0.1, 0.15) is 22.3 Å². The zero-order valence-corrected chi connectivity index (χ0v) is 40.4. The van der Waals surface area contributed by atoms with Gasteiger partial charge in [-0.25, -0.2) is 0 Å². The molecule has 16 rings (SSSR count). The second-order valence-corrected chi connectivity index (χ2v) is 20.3. The molecule has 2 aliphatic rings. The van der Waals surface area contributed by atoms with Gasteiger partial charge in [0.2, 0.25) is 0 Å². The van der Waals surface area contributed by atoms with Gasteiger partial charge in [0.1, 0.15) is 0 Å². The van der Waals surface area contributed by atoms with Crippen molar-refractivity contribution in [1.82, 2.24) is 0 Å². The summed E-state index contributed by atoms with van der Waals surface area (Å²) in [5.74, 6) is 0. The lowest BCUT2D eigenvalue weighted by molar-refractivity contribution is 0.794. The van der Waals surface area contributed by atoms with Crippen LogP contribution in [-0.2, 0) is 5.41 Å². The van der Waals surface area contributed by atoms with Crippen LogP contribution in [0.4, 0.5) is 17.1 Å². The summed E-state index contributed by atoms with van der Waals surface area (Å²) in [5.41, 5.74) is 18.0. The van der Waals surface area contributed by atoms with E-state index in [4.69, 9.17) is 0 Å². The minimum absolute atomic E-state index is 0.533. The summed E-state index contributed by atoms with van der Waals surface area (Å²) in [6, 6.07) is 103. The van der Waals surface area contributed by atoms with Crippen molar-refractivity contribution in [3.63, 3.8) is 0 Å². The number of rotatable bonds is 5. The van der Waals surface area contributed by atoms with Crippen molar-refractivity contribution in [2.24, 2.45) is 0 Å². The van der Waals surface area contributed by atoms with E-state index in [-0.39, 0.29) is 0 Å². The molecular weight excluding hydrogens is 891 g/mol. The molecule has 2 aliphatic carbocycles. The first-order chi connectivity index (χ1) is 36.7. The standard InChI is InChI=1S/C73H45N/c1-3-19-53-46(16-1)18-15-28-54(53)48-36-38-51(39-37-48)74(52-40-41-60-58-23-6-5-21-56(58)57-22-7-8-24-59(57)66(60)43-52)72-45-71-67(44-65(72)50-35-34-49-33-32-47-17-2-4-20-55(47)64(49)42-50)63-27-11-14-31-70(63)73(71)68-29-12-9-25-61(68)62-26-10-13-30-69(62)73/h1-45H. The molecule has 0 heterocycles. The molecule has 0 aliphatic heterocycles. The zero-order valence-electron chi connectivity index (χ0n) is 40.4. The fraction of sp³-hybridized carbons (Fsp3) is 0.0137. The van der Waals surface area contributed by atoms with Gasteiger partial charge in [-0.15, -0.1) is 0 Å². The van der Waals surface area contributed by atoms with Crippen molar-refractivity contribution < 1.29 is 0 Å². The van der Waals surface area contributed by atoms with Gasteiger partial charge >= 0.3 is 0 Å². The van der Waals surface area contributed by atoms with Crippen LogP contribution in [-0.4, -0.2) is 0 Å². The maximum Gasteiger partial charge on any atom is 0.0726 e. The Morgan fingerprint density at radius 2 is 0.662 bits per heavy atom. The quantitative estimate of drug-likeness (QED) is 0.155. The molecule has 0 unspecified atom stereocenters. The van der Waals surface area contributed by atoms with Gasteiger partial charge in [-0.3, -0.25) is 0 Å². The summed E-state index contributed by atoms with van der Waals surface area (Å²) < 4.78 is 0. The maximum absolute atomic E-state index is 2.58. The Morgan fingerprint density at radius 1 is 0.216 bits per heavy atom. The second kappa shape index (κ2) is 15.7. The Kier molecular flexibility index (Phi) is 8.73. The minimum atomic E-state index is -0.533. The number of benzene rings is 14. The number of anilines is 3. The van der Waals surface area contributed by atoms with Crippen molar-refractivity contribution in [1.29, 1.82) is 0 Å². The molecule has 342 valence electrons. The van der Waals surface area contributed by atoms with Gasteiger partial charge in [-0.2, -0.15) is 0 Å². The molecule has 0 saturated heterocycles. The van der Waals surface area contributed by atoms with Crippen LogP contribution in [0.3, 0.4) is 0 Å². The van der Waals surface area contributed by atoms with Gasteiger partial charge in [-0.1, -0.05) is 231 Å². The third-order valence-corrected chi connectivity index (χ3v) is 16.6. The van der Waals surface area contributed by atoms with Crippen LogP contribution >= 0.6 is 0 Å². The summed E-state index contributed by atoms with van der Waals surface area (Å²) >= 11 is 0. The summed E-state index contributed by atoms with van der Waals surface area (Å²) in [6.07, 6.45) is 0. The molecule has 14 aromatic rings. The molecular formula is C73H45N. The first-order valence-electron chi connectivity index (χ1n) is 25.8. The molecule has 0 radical (unpaired) electrons. The van der Waals surface area contributed by atoms with Gasteiger partial charge in [0.05, 0.1) is 11.1 Å². The predicted octanol–water partition coefficient (Wildman–Crippen LogP) is 19.8. The van der Waals surface area contributed by atoms with Crippen molar-refractivity contribution in [3.8, 4) is 44.5 Å². The average Bonchev–Trinajstić information content (AvgIpc) is 3.96. The summed E-state index contributed by atoms with van der Waals surface area (Å²) in [6.45, 7) is 0. The highest BCUT2D eigenvalue weighted by molar-refractivity contribution is 6.26. The lowest BCUT2D eigenvalue weighted by Crippen LogP contribution is -2.26. The van der Waals surface area contributed by atoms with Crippen LogP contribution < -0.4 is 4.90 Å². The van der Waals surface area contributed by atoms with Gasteiger partial charge in [-0.05, 0) is 168 Å². The number of hydrogen-bond acceptors (Lipinski definition) is 1. The molecule has 1 nitrogen and oxygen atoms in total. The molecule has 1 heteroatoms. The van der Waals surface area contributed by atoms with E-state index in [2.05, 4.69) is 278 Å². The molecule has 1 spiro atoms. The largest absolute Gasteiger partial charge is 0.310 e. The van der Waals surface area contributed by atoms with Gasteiger partial charge < -0.3 is 4.90 Å². The van der Waals surface area contributed by atoms with E-state index in [9.17, 15) is 0 Å². The van der Waals surface area contributed by atoms with Gasteiger partial charge in [0.15, 0.2) is 0 Å². The summed E-state index contributed by atoms with van der Waals surface area (Å²) in [7, 11) is 0. The van der Waals surface area contributed by atoms with Crippen LogP contribution in [0.5, 0.6) is 0 Å². The van der Waals surface area contributed by atoms with E-state index in [1.807, 2.05) is 0 Å². The van der Waals surface area contributed by atoms with Crippen molar-refractivity contribution in [2.75, 3.05) is 4.90 Å². The highest BCUT2D eigenvalue weighted by Crippen LogP contribution is 2.64.